The number of methoxy groups -OCH3 is 1. The van der Waals surface area contributed by atoms with Crippen molar-refractivity contribution in [2.24, 2.45) is 0 Å². The molecule has 3 aromatic rings. The first-order valence-electron chi connectivity index (χ1n) is 9.26. The second kappa shape index (κ2) is 8.40. The Bertz CT molecular complexity index is 1200. The van der Waals surface area contributed by atoms with E-state index < -0.39 is 27.8 Å². The summed E-state index contributed by atoms with van der Waals surface area (Å²) in [7, 11) is -2.98. The van der Waals surface area contributed by atoms with Gasteiger partial charge in [0.2, 0.25) is 27.6 Å². The van der Waals surface area contributed by atoms with Gasteiger partial charge in [0.15, 0.2) is 0 Å². The van der Waals surface area contributed by atoms with E-state index in [9.17, 15) is 17.6 Å². The number of rotatable bonds is 6. The Kier molecular flexibility index (Phi) is 5.65. The normalized spacial score (nSPS) is 17.4. The number of hydrogen-bond donors (Lipinski definition) is 1. The van der Waals surface area contributed by atoms with Crippen molar-refractivity contribution in [1.82, 2.24) is 24.7 Å². The lowest BCUT2D eigenvalue weighted by Gasteiger charge is -2.33. The van der Waals surface area contributed by atoms with E-state index in [-0.39, 0.29) is 41.9 Å². The Morgan fingerprint density at radius 1 is 1.29 bits per heavy atom. The molecule has 1 aliphatic heterocycles. The third kappa shape index (κ3) is 4.11. The molecule has 1 fully saturated rings. The topological polar surface area (TPSA) is 128 Å². The predicted octanol–water partition coefficient (Wildman–Crippen LogP) is 1.01. The highest BCUT2D eigenvalue weighted by atomic mass is 32.2. The lowest BCUT2D eigenvalue weighted by atomic mass is 10.1. The van der Waals surface area contributed by atoms with Crippen molar-refractivity contribution in [3.63, 3.8) is 0 Å². The molecule has 0 radical (unpaired) electrons. The first-order chi connectivity index (χ1) is 14.9. The molecule has 0 aliphatic carbocycles. The summed E-state index contributed by atoms with van der Waals surface area (Å²) in [5.41, 5.74) is 0.659. The Morgan fingerprint density at radius 3 is 2.81 bits per heavy atom. The molecule has 0 bridgehead atoms. The van der Waals surface area contributed by atoms with Crippen LogP contribution in [0.15, 0.2) is 52.1 Å². The summed E-state index contributed by atoms with van der Waals surface area (Å²) in [6.45, 7) is 0.0993. The quantitative estimate of drug-likeness (QED) is 0.593. The van der Waals surface area contributed by atoms with Gasteiger partial charge in [-0.3, -0.25) is 9.78 Å². The second-order valence-corrected chi connectivity index (χ2v) is 8.53. The molecule has 1 saturated heterocycles. The van der Waals surface area contributed by atoms with Crippen molar-refractivity contribution in [2.75, 3.05) is 20.2 Å². The largest absolute Gasteiger partial charge is 0.495 e. The Balaban J connectivity index is 1.66. The van der Waals surface area contributed by atoms with Gasteiger partial charge in [0, 0.05) is 31.0 Å². The number of sulfonamides is 1. The van der Waals surface area contributed by atoms with Crippen LogP contribution in [-0.4, -0.2) is 60.0 Å². The summed E-state index contributed by atoms with van der Waals surface area (Å²) in [6.07, 6.45) is 2.99. The molecular formula is C19H18FN5O5S. The molecule has 1 amide bonds. The molecule has 12 heteroatoms. The second-order valence-electron chi connectivity index (χ2n) is 6.67. The lowest BCUT2D eigenvalue weighted by Crippen LogP contribution is -2.57. The van der Waals surface area contributed by atoms with E-state index >= 15 is 0 Å². The van der Waals surface area contributed by atoms with Crippen LogP contribution in [0.3, 0.4) is 0 Å². The number of benzene rings is 1. The zero-order valence-electron chi connectivity index (χ0n) is 16.4. The van der Waals surface area contributed by atoms with E-state index in [2.05, 4.69) is 20.4 Å². The van der Waals surface area contributed by atoms with Gasteiger partial charge in [0.05, 0.1) is 13.5 Å². The minimum atomic E-state index is -4.27. The summed E-state index contributed by atoms with van der Waals surface area (Å²) < 4.78 is 51.8. The molecule has 1 atom stereocenters. The standard InChI is InChI=1S/C19H18FN5O5S/c1-29-15-3-2-13(20)10-16(15)31(27,28)25-9-8-22-19(26)14(25)11-17-23-18(24-30-17)12-4-6-21-7-5-12/h2-7,10,14H,8-9,11H2,1H3,(H,22,26). The summed E-state index contributed by atoms with van der Waals surface area (Å²) in [6, 6.07) is 5.41. The number of nitrogens with zero attached hydrogens (tertiary/aromatic N) is 4. The molecule has 31 heavy (non-hydrogen) atoms. The molecule has 10 nitrogen and oxygen atoms in total. The van der Waals surface area contributed by atoms with E-state index in [0.29, 0.717) is 5.56 Å². The van der Waals surface area contributed by atoms with E-state index in [1.807, 2.05) is 0 Å². The zero-order valence-corrected chi connectivity index (χ0v) is 17.2. The van der Waals surface area contributed by atoms with E-state index in [1.54, 1.807) is 24.5 Å². The highest BCUT2D eigenvalue weighted by molar-refractivity contribution is 7.89. The first kappa shape index (κ1) is 20.9. The molecule has 1 aromatic carbocycles. The number of nitrogens with one attached hydrogen (secondary N) is 1. The van der Waals surface area contributed by atoms with Crippen LogP contribution >= 0.6 is 0 Å². The van der Waals surface area contributed by atoms with Crippen molar-refractivity contribution < 1.29 is 26.9 Å². The fourth-order valence-electron chi connectivity index (χ4n) is 3.28. The number of carbonyl (C=O) groups excluding carboxylic acids is 1. The number of piperazine rings is 1. The van der Waals surface area contributed by atoms with Crippen molar-refractivity contribution >= 4 is 15.9 Å². The van der Waals surface area contributed by atoms with Gasteiger partial charge in [-0.15, -0.1) is 0 Å². The molecule has 1 aliphatic rings. The van der Waals surface area contributed by atoms with Gasteiger partial charge in [-0.25, -0.2) is 12.8 Å². The maximum Gasteiger partial charge on any atom is 0.247 e. The Hall–Kier alpha value is -3.38. The smallest absolute Gasteiger partial charge is 0.247 e. The minimum Gasteiger partial charge on any atom is -0.495 e. The van der Waals surface area contributed by atoms with Crippen LogP contribution < -0.4 is 10.1 Å². The third-order valence-electron chi connectivity index (χ3n) is 4.77. The van der Waals surface area contributed by atoms with Gasteiger partial charge in [-0.1, -0.05) is 5.16 Å². The highest BCUT2D eigenvalue weighted by Crippen LogP contribution is 2.30. The van der Waals surface area contributed by atoms with Crippen molar-refractivity contribution in [3.05, 3.63) is 54.4 Å². The fourth-order valence-corrected chi connectivity index (χ4v) is 5.03. The van der Waals surface area contributed by atoms with Gasteiger partial charge in [-0.05, 0) is 30.3 Å². The predicted molar refractivity (Wildman–Crippen MR) is 105 cm³/mol. The number of pyridine rings is 1. The highest BCUT2D eigenvalue weighted by Gasteiger charge is 2.41. The van der Waals surface area contributed by atoms with Gasteiger partial charge >= 0.3 is 0 Å². The summed E-state index contributed by atoms with van der Waals surface area (Å²) >= 11 is 0. The van der Waals surface area contributed by atoms with Gasteiger partial charge in [0.1, 0.15) is 22.5 Å². The number of aromatic nitrogens is 3. The summed E-state index contributed by atoms with van der Waals surface area (Å²) in [5, 5.41) is 6.51. The molecule has 0 saturated carbocycles. The molecular weight excluding hydrogens is 429 g/mol. The van der Waals surface area contributed by atoms with Crippen LogP contribution in [0.2, 0.25) is 0 Å². The average molecular weight is 447 g/mol. The summed E-state index contributed by atoms with van der Waals surface area (Å²) in [4.78, 5) is 20.4. The molecule has 1 unspecified atom stereocenters. The van der Waals surface area contributed by atoms with Crippen LogP contribution in [0.25, 0.3) is 11.4 Å². The monoisotopic (exact) mass is 447 g/mol. The first-order valence-corrected chi connectivity index (χ1v) is 10.7. The number of ether oxygens (including phenoxy) is 1. The van der Waals surface area contributed by atoms with Crippen LogP contribution in [0.1, 0.15) is 5.89 Å². The zero-order chi connectivity index (χ0) is 22.0. The molecule has 162 valence electrons. The Morgan fingerprint density at radius 2 is 2.06 bits per heavy atom. The van der Waals surface area contributed by atoms with Crippen LogP contribution in [-0.2, 0) is 21.2 Å². The third-order valence-corrected chi connectivity index (χ3v) is 6.70. The summed E-state index contributed by atoms with van der Waals surface area (Å²) in [5.74, 6) is -0.913. The van der Waals surface area contributed by atoms with Crippen molar-refractivity contribution in [2.45, 2.75) is 17.4 Å². The fraction of sp³-hybridized carbons (Fsp3) is 0.263. The molecule has 1 N–H and O–H groups in total. The van der Waals surface area contributed by atoms with E-state index in [0.717, 1.165) is 16.4 Å². The van der Waals surface area contributed by atoms with Crippen LogP contribution in [0.5, 0.6) is 5.75 Å². The van der Waals surface area contributed by atoms with Gasteiger partial charge in [0.25, 0.3) is 0 Å². The van der Waals surface area contributed by atoms with Crippen molar-refractivity contribution in [3.8, 4) is 17.1 Å². The maximum absolute atomic E-state index is 13.8. The van der Waals surface area contributed by atoms with Crippen LogP contribution in [0.4, 0.5) is 4.39 Å². The van der Waals surface area contributed by atoms with Crippen LogP contribution in [0, 0.1) is 5.82 Å². The number of halogens is 1. The number of hydrogen-bond acceptors (Lipinski definition) is 8. The SMILES string of the molecule is COc1ccc(F)cc1S(=O)(=O)N1CCNC(=O)C1Cc1nc(-c2ccncc2)no1. The molecule has 3 heterocycles. The van der Waals surface area contributed by atoms with Crippen molar-refractivity contribution in [1.29, 1.82) is 0 Å². The van der Waals surface area contributed by atoms with Gasteiger partial charge < -0.3 is 14.6 Å². The van der Waals surface area contributed by atoms with E-state index in [1.165, 1.54) is 13.2 Å². The van der Waals surface area contributed by atoms with Gasteiger partial charge in [-0.2, -0.15) is 9.29 Å². The number of carbonyl (C=O) groups is 1. The molecule has 0 spiro atoms. The molecule has 2 aromatic heterocycles. The average Bonchev–Trinajstić information content (AvgIpc) is 3.24. The Labute approximate surface area is 177 Å². The number of amides is 1. The lowest BCUT2D eigenvalue weighted by molar-refractivity contribution is -0.126. The maximum atomic E-state index is 13.8. The van der Waals surface area contributed by atoms with E-state index in [4.69, 9.17) is 9.26 Å². The molecule has 4 rings (SSSR count). The minimum absolute atomic E-state index is 0.0102.